The predicted octanol–water partition coefficient (Wildman–Crippen LogP) is 1.20. The predicted molar refractivity (Wildman–Crippen MR) is 62.1 cm³/mol. The molecule has 0 saturated heterocycles. The molecular formula is C11H20O4S. The lowest BCUT2D eigenvalue weighted by molar-refractivity contribution is -0.128. The largest absolute Gasteiger partial charge is 0.374 e. The van der Waals surface area contributed by atoms with Crippen molar-refractivity contribution in [3.63, 3.8) is 0 Å². The fourth-order valence-corrected chi connectivity index (χ4v) is 3.32. The maximum Gasteiger partial charge on any atom is 0.161 e. The third-order valence-electron chi connectivity index (χ3n) is 3.14. The monoisotopic (exact) mass is 248 g/mol. The molecule has 2 atom stereocenters. The van der Waals surface area contributed by atoms with Gasteiger partial charge in [-0.15, -0.1) is 0 Å². The normalized spacial score (nSPS) is 26.6. The van der Waals surface area contributed by atoms with Gasteiger partial charge in [0.1, 0.15) is 16.4 Å². The van der Waals surface area contributed by atoms with Crippen LogP contribution >= 0.6 is 0 Å². The van der Waals surface area contributed by atoms with E-state index in [-0.39, 0.29) is 23.6 Å². The van der Waals surface area contributed by atoms with Gasteiger partial charge in [-0.2, -0.15) is 0 Å². The smallest absolute Gasteiger partial charge is 0.161 e. The fraction of sp³-hybridized carbons (Fsp3) is 0.909. The van der Waals surface area contributed by atoms with Crippen LogP contribution in [0.3, 0.4) is 0 Å². The number of Topliss-reactive ketones (excluding diaryl/α,β-unsaturated/α-hetero) is 1. The summed E-state index contributed by atoms with van der Waals surface area (Å²) < 4.78 is 27.9. The molecule has 0 heterocycles. The Morgan fingerprint density at radius 2 is 2.06 bits per heavy atom. The minimum absolute atomic E-state index is 0.0511. The molecule has 1 saturated carbocycles. The quantitative estimate of drug-likeness (QED) is 0.733. The summed E-state index contributed by atoms with van der Waals surface area (Å²) in [6.07, 6.45) is 4.05. The van der Waals surface area contributed by atoms with E-state index in [9.17, 15) is 13.2 Å². The van der Waals surface area contributed by atoms with E-state index in [1.165, 1.54) is 6.26 Å². The van der Waals surface area contributed by atoms with Crippen LogP contribution in [0.25, 0.3) is 0 Å². The highest BCUT2D eigenvalue weighted by Crippen LogP contribution is 2.29. The van der Waals surface area contributed by atoms with Gasteiger partial charge in [0.05, 0.1) is 5.25 Å². The first kappa shape index (κ1) is 13.6. The summed E-state index contributed by atoms with van der Waals surface area (Å²) in [7, 11) is -3.01. The third kappa shape index (κ3) is 3.87. The van der Waals surface area contributed by atoms with Gasteiger partial charge in [-0.3, -0.25) is 4.79 Å². The molecule has 1 aliphatic rings. The number of carbonyl (C=O) groups excluding carboxylic acids is 1. The molecule has 4 nitrogen and oxygen atoms in total. The van der Waals surface area contributed by atoms with Crippen molar-refractivity contribution in [2.75, 3.05) is 19.5 Å². The van der Waals surface area contributed by atoms with Crippen molar-refractivity contribution in [2.45, 2.75) is 37.9 Å². The summed E-state index contributed by atoms with van der Waals surface area (Å²) in [5, 5.41) is -0.336. The van der Waals surface area contributed by atoms with Gasteiger partial charge in [-0.25, -0.2) is 8.42 Å². The summed E-state index contributed by atoms with van der Waals surface area (Å²) in [5.41, 5.74) is 0. The lowest BCUT2D eigenvalue weighted by Crippen LogP contribution is -2.32. The summed E-state index contributed by atoms with van der Waals surface area (Å²) >= 11 is 0. The molecule has 0 aromatic rings. The summed E-state index contributed by atoms with van der Waals surface area (Å²) in [4.78, 5) is 11.7. The van der Waals surface area contributed by atoms with Crippen LogP contribution in [-0.4, -0.2) is 38.9 Å². The number of rotatable bonds is 5. The Morgan fingerprint density at radius 1 is 1.38 bits per heavy atom. The van der Waals surface area contributed by atoms with Gasteiger partial charge in [0.2, 0.25) is 0 Å². The molecule has 0 N–H and O–H groups in total. The molecule has 94 valence electrons. The lowest BCUT2D eigenvalue weighted by atomic mass is 9.86. The highest BCUT2D eigenvalue weighted by molar-refractivity contribution is 7.91. The highest BCUT2D eigenvalue weighted by Gasteiger charge is 2.32. The van der Waals surface area contributed by atoms with Gasteiger partial charge in [0, 0.05) is 18.8 Å². The van der Waals surface area contributed by atoms with Gasteiger partial charge < -0.3 is 4.74 Å². The first-order valence-corrected chi connectivity index (χ1v) is 7.70. The molecule has 0 spiro atoms. The summed E-state index contributed by atoms with van der Waals surface area (Å²) in [6, 6.07) is 0. The zero-order chi connectivity index (χ0) is 12.2. The molecule has 2 unspecified atom stereocenters. The molecule has 0 radical (unpaired) electrons. The van der Waals surface area contributed by atoms with Crippen LogP contribution in [0.2, 0.25) is 0 Å². The van der Waals surface area contributed by atoms with E-state index in [1.54, 1.807) is 0 Å². The molecule has 0 amide bonds. The van der Waals surface area contributed by atoms with Gasteiger partial charge in [0.25, 0.3) is 0 Å². The molecular weight excluding hydrogens is 228 g/mol. The summed E-state index contributed by atoms with van der Waals surface area (Å²) in [5.74, 6) is -0.0739. The Bertz CT molecular complexity index is 334. The molecule has 1 rings (SSSR count). The average Bonchev–Trinajstić information content (AvgIpc) is 2.25. The highest BCUT2D eigenvalue weighted by atomic mass is 32.2. The maximum absolute atomic E-state index is 11.7. The fourth-order valence-electron chi connectivity index (χ4n) is 2.15. The Hall–Kier alpha value is -0.420. The summed E-state index contributed by atoms with van der Waals surface area (Å²) in [6.45, 7) is 2.49. The number of hydrogen-bond donors (Lipinski definition) is 0. The standard InChI is InChI=1S/C11H20O4S/c1-3-15-8-11(12)9-5-4-6-10(7-9)16(2,13)14/h9-10H,3-8H2,1-2H3. The molecule has 1 fully saturated rings. The van der Waals surface area contributed by atoms with Crippen LogP contribution in [0, 0.1) is 5.92 Å². The molecule has 0 aliphatic heterocycles. The second kappa shape index (κ2) is 5.77. The van der Waals surface area contributed by atoms with Crippen LogP contribution in [0.15, 0.2) is 0 Å². The first-order chi connectivity index (χ1) is 7.45. The van der Waals surface area contributed by atoms with Crippen LogP contribution in [-0.2, 0) is 19.4 Å². The Balaban J connectivity index is 2.54. The second-order valence-electron chi connectivity index (χ2n) is 4.42. The van der Waals surface area contributed by atoms with Gasteiger partial charge in [-0.05, 0) is 26.2 Å². The van der Waals surface area contributed by atoms with Crippen molar-refractivity contribution < 1.29 is 17.9 Å². The number of sulfone groups is 1. The van der Waals surface area contributed by atoms with E-state index in [1.807, 2.05) is 6.92 Å². The van der Waals surface area contributed by atoms with Crippen molar-refractivity contribution in [3.8, 4) is 0 Å². The van der Waals surface area contributed by atoms with Crippen LogP contribution in [0.5, 0.6) is 0 Å². The molecule has 16 heavy (non-hydrogen) atoms. The number of ether oxygens (including phenoxy) is 1. The Labute approximate surface area is 97.3 Å². The van der Waals surface area contributed by atoms with Crippen molar-refractivity contribution in [2.24, 2.45) is 5.92 Å². The van der Waals surface area contributed by atoms with E-state index < -0.39 is 9.84 Å². The Morgan fingerprint density at radius 3 is 2.62 bits per heavy atom. The molecule has 0 bridgehead atoms. The number of carbonyl (C=O) groups is 1. The third-order valence-corrected chi connectivity index (χ3v) is 4.77. The SMILES string of the molecule is CCOCC(=O)C1CCCC(S(C)(=O)=O)C1. The van der Waals surface area contributed by atoms with Gasteiger partial charge >= 0.3 is 0 Å². The Kier molecular flexibility index (Phi) is 4.92. The minimum atomic E-state index is -3.01. The van der Waals surface area contributed by atoms with E-state index in [4.69, 9.17) is 4.74 Å². The van der Waals surface area contributed by atoms with Crippen molar-refractivity contribution >= 4 is 15.6 Å². The maximum atomic E-state index is 11.7. The van der Waals surface area contributed by atoms with E-state index in [0.717, 1.165) is 12.8 Å². The van der Waals surface area contributed by atoms with Crippen molar-refractivity contribution in [3.05, 3.63) is 0 Å². The molecule has 0 aromatic carbocycles. The number of ketones is 1. The van der Waals surface area contributed by atoms with Crippen molar-refractivity contribution in [1.29, 1.82) is 0 Å². The topological polar surface area (TPSA) is 60.4 Å². The molecule has 0 aromatic heterocycles. The van der Waals surface area contributed by atoms with E-state index >= 15 is 0 Å². The zero-order valence-electron chi connectivity index (χ0n) is 9.94. The van der Waals surface area contributed by atoms with Crippen LogP contribution in [0.4, 0.5) is 0 Å². The van der Waals surface area contributed by atoms with E-state index in [2.05, 4.69) is 0 Å². The molecule has 1 aliphatic carbocycles. The minimum Gasteiger partial charge on any atom is -0.374 e. The lowest BCUT2D eigenvalue weighted by Gasteiger charge is -2.26. The zero-order valence-corrected chi connectivity index (χ0v) is 10.8. The number of hydrogen-bond acceptors (Lipinski definition) is 4. The first-order valence-electron chi connectivity index (χ1n) is 5.74. The van der Waals surface area contributed by atoms with Gasteiger partial charge in [0.15, 0.2) is 5.78 Å². The van der Waals surface area contributed by atoms with Crippen molar-refractivity contribution in [1.82, 2.24) is 0 Å². The van der Waals surface area contributed by atoms with E-state index in [0.29, 0.717) is 19.4 Å². The van der Waals surface area contributed by atoms with Crippen LogP contribution < -0.4 is 0 Å². The average molecular weight is 248 g/mol. The van der Waals surface area contributed by atoms with Gasteiger partial charge in [-0.1, -0.05) is 6.42 Å². The second-order valence-corrected chi connectivity index (χ2v) is 6.74. The van der Waals surface area contributed by atoms with Crippen LogP contribution in [0.1, 0.15) is 32.6 Å². The molecule has 5 heteroatoms.